The Morgan fingerprint density at radius 2 is 1.67 bits per heavy atom. The highest BCUT2D eigenvalue weighted by molar-refractivity contribution is 5.80. The van der Waals surface area contributed by atoms with Gasteiger partial charge >= 0.3 is 0 Å². The Kier molecular flexibility index (Phi) is 7.63. The van der Waals surface area contributed by atoms with E-state index in [2.05, 4.69) is 46.6 Å². The average molecular weight is 445 g/mol. The second kappa shape index (κ2) is 11.0. The minimum Gasteiger partial charge on any atom is -0.497 e. The molecule has 0 unspecified atom stereocenters. The molecule has 3 aromatic rings. The van der Waals surface area contributed by atoms with Crippen LogP contribution in [0, 0.1) is 0 Å². The number of carbonyl (C=O) groups is 1. The maximum absolute atomic E-state index is 12.7. The SMILES string of the molecule is COc1ccc(CC(=O)NCc2ccccc2-c2ccc(CN3CCCC3)cc2)c(OC)c1. The number of methoxy groups -OCH3 is 2. The molecule has 0 aliphatic carbocycles. The average Bonchev–Trinajstić information content (AvgIpc) is 3.37. The van der Waals surface area contributed by atoms with Crippen LogP contribution in [0.2, 0.25) is 0 Å². The van der Waals surface area contributed by atoms with Gasteiger partial charge < -0.3 is 14.8 Å². The Balaban J connectivity index is 1.40. The maximum atomic E-state index is 12.7. The van der Waals surface area contributed by atoms with E-state index < -0.39 is 0 Å². The number of amides is 1. The minimum atomic E-state index is -0.0470. The van der Waals surface area contributed by atoms with Crippen molar-refractivity contribution < 1.29 is 14.3 Å². The highest BCUT2D eigenvalue weighted by atomic mass is 16.5. The summed E-state index contributed by atoms with van der Waals surface area (Å²) in [6.45, 7) is 3.90. The molecule has 0 spiro atoms. The standard InChI is InChI=1S/C28H32N2O3/c1-32-25-14-13-23(27(18-25)33-2)17-28(31)29-19-24-7-3-4-8-26(24)22-11-9-21(10-12-22)20-30-15-5-6-16-30/h3-4,7-14,18H,5-6,15-17,19-20H2,1-2H3,(H,29,31). The molecule has 0 bridgehead atoms. The van der Waals surface area contributed by atoms with Crippen molar-refractivity contribution in [3.63, 3.8) is 0 Å². The summed E-state index contributed by atoms with van der Waals surface area (Å²) >= 11 is 0. The topological polar surface area (TPSA) is 50.8 Å². The van der Waals surface area contributed by atoms with Crippen molar-refractivity contribution in [3.8, 4) is 22.6 Å². The van der Waals surface area contributed by atoms with E-state index in [-0.39, 0.29) is 12.3 Å². The maximum Gasteiger partial charge on any atom is 0.224 e. The zero-order valence-electron chi connectivity index (χ0n) is 19.5. The zero-order valence-corrected chi connectivity index (χ0v) is 19.5. The van der Waals surface area contributed by atoms with E-state index in [9.17, 15) is 4.79 Å². The van der Waals surface area contributed by atoms with Crippen LogP contribution in [0.5, 0.6) is 11.5 Å². The van der Waals surface area contributed by atoms with Crippen LogP contribution in [-0.4, -0.2) is 38.1 Å². The predicted molar refractivity (Wildman–Crippen MR) is 131 cm³/mol. The quantitative estimate of drug-likeness (QED) is 0.514. The number of hydrogen-bond donors (Lipinski definition) is 1. The Morgan fingerprint density at radius 1 is 0.909 bits per heavy atom. The molecule has 1 N–H and O–H groups in total. The lowest BCUT2D eigenvalue weighted by molar-refractivity contribution is -0.120. The number of rotatable bonds is 9. The fourth-order valence-corrected chi connectivity index (χ4v) is 4.37. The summed E-state index contributed by atoms with van der Waals surface area (Å²) in [4.78, 5) is 15.2. The lowest BCUT2D eigenvalue weighted by atomic mass is 9.98. The van der Waals surface area contributed by atoms with Gasteiger partial charge in [0.2, 0.25) is 5.91 Å². The second-order valence-electron chi connectivity index (χ2n) is 8.47. The molecule has 172 valence electrons. The van der Waals surface area contributed by atoms with Crippen LogP contribution in [-0.2, 0) is 24.3 Å². The summed E-state index contributed by atoms with van der Waals surface area (Å²) in [5, 5.41) is 3.06. The van der Waals surface area contributed by atoms with Gasteiger partial charge in [0.05, 0.1) is 20.6 Å². The Hall–Kier alpha value is -3.31. The first-order valence-corrected chi connectivity index (χ1v) is 11.5. The third kappa shape index (κ3) is 5.93. The lowest BCUT2D eigenvalue weighted by Crippen LogP contribution is -2.25. The van der Waals surface area contributed by atoms with Crippen LogP contribution in [0.3, 0.4) is 0 Å². The highest BCUT2D eigenvalue weighted by Gasteiger charge is 2.13. The predicted octanol–water partition coefficient (Wildman–Crippen LogP) is 4.83. The van der Waals surface area contributed by atoms with Crippen molar-refractivity contribution in [2.75, 3.05) is 27.3 Å². The van der Waals surface area contributed by atoms with E-state index in [4.69, 9.17) is 9.47 Å². The van der Waals surface area contributed by atoms with Crippen molar-refractivity contribution in [1.29, 1.82) is 0 Å². The largest absolute Gasteiger partial charge is 0.497 e. The summed E-state index contributed by atoms with van der Waals surface area (Å²) in [7, 11) is 3.21. The first-order chi connectivity index (χ1) is 16.2. The van der Waals surface area contributed by atoms with Crippen molar-refractivity contribution in [2.45, 2.75) is 32.4 Å². The molecular formula is C28H32N2O3. The first kappa shape index (κ1) is 22.9. The number of nitrogens with one attached hydrogen (secondary N) is 1. The monoisotopic (exact) mass is 444 g/mol. The van der Waals surface area contributed by atoms with Gasteiger partial charge in [-0.15, -0.1) is 0 Å². The van der Waals surface area contributed by atoms with Crippen molar-refractivity contribution in [1.82, 2.24) is 10.2 Å². The molecule has 1 saturated heterocycles. The highest BCUT2D eigenvalue weighted by Crippen LogP contribution is 2.26. The molecule has 0 saturated carbocycles. The molecule has 1 fully saturated rings. The van der Waals surface area contributed by atoms with Gasteiger partial charge in [-0.2, -0.15) is 0 Å². The zero-order chi connectivity index (χ0) is 23.0. The summed E-state index contributed by atoms with van der Waals surface area (Å²) in [6, 6.07) is 22.6. The second-order valence-corrected chi connectivity index (χ2v) is 8.47. The molecule has 5 nitrogen and oxygen atoms in total. The molecule has 0 aromatic heterocycles. The molecule has 0 radical (unpaired) electrons. The molecule has 1 aliphatic heterocycles. The van der Waals surface area contributed by atoms with E-state index in [1.807, 2.05) is 24.3 Å². The number of hydrogen-bond acceptors (Lipinski definition) is 4. The van der Waals surface area contributed by atoms with Gasteiger partial charge in [0.15, 0.2) is 0 Å². The Bertz CT molecular complexity index is 1070. The van der Waals surface area contributed by atoms with Crippen LogP contribution in [0.4, 0.5) is 0 Å². The van der Waals surface area contributed by atoms with E-state index in [1.165, 1.54) is 37.1 Å². The Labute approximate surface area is 196 Å². The van der Waals surface area contributed by atoms with Crippen LogP contribution >= 0.6 is 0 Å². The van der Waals surface area contributed by atoms with Crippen LogP contribution in [0.1, 0.15) is 29.5 Å². The van der Waals surface area contributed by atoms with Crippen molar-refractivity contribution in [3.05, 3.63) is 83.4 Å². The molecular weight excluding hydrogens is 412 g/mol. The van der Waals surface area contributed by atoms with E-state index in [1.54, 1.807) is 20.3 Å². The normalized spacial score (nSPS) is 13.6. The first-order valence-electron chi connectivity index (χ1n) is 11.5. The van der Waals surface area contributed by atoms with Gasteiger partial charge in [-0.3, -0.25) is 9.69 Å². The van der Waals surface area contributed by atoms with Crippen molar-refractivity contribution in [2.24, 2.45) is 0 Å². The van der Waals surface area contributed by atoms with Crippen LogP contribution in [0.15, 0.2) is 66.7 Å². The molecule has 33 heavy (non-hydrogen) atoms. The van der Waals surface area contributed by atoms with Gasteiger partial charge in [-0.1, -0.05) is 54.6 Å². The third-order valence-corrected chi connectivity index (χ3v) is 6.21. The summed E-state index contributed by atoms with van der Waals surface area (Å²) in [5.41, 5.74) is 5.59. The number of benzene rings is 3. The minimum absolute atomic E-state index is 0.0470. The number of nitrogens with zero attached hydrogens (tertiary/aromatic N) is 1. The smallest absolute Gasteiger partial charge is 0.224 e. The third-order valence-electron chi connectivity index (χ3n) is 6.21. The van der Waals surface area contributed by atoms with Gasteiger partial charge in [0, 0.05) is 24.7 Å². The fourth-order valence-electron chi connectivity index (χ4n) is 4.37. The van der Waals surface area contributed by atoms with E-state index in [0.717, 1.165) is 23.2 Å². The number of ether oxygens (including phenoxy) is 2. The van der Waals surface area contributed by atoms with Gasteiger partial charge in [-0.25, -0.2) is 0 Å². The van der Waals surface area contributed by atoms with E-state index in [0.29, 0.717) is 18.0 Å². The van der Waals surface area contributed by atoms with E-state index >= 15 is 0 Å². The summed E-state index contributed by atoms with van der Waals surface area (Å²) < 4.78 is 10.7. The van der Waals surface area contributed by atoms with Crippen molar-refractivity contribution >= 4 is 5.91 Å². The molecule has 1 aliphatic rings. The van der Waals surface area contributed by atoms with Gasteiger partial charge in [0.1, 0.15) is 11.5 Å². The molecule has 1 amide bonds. The molecule has 3 aromatic carbocycles. The van der Waals surface area contributed by atoms with Gasteiger partial charge in [0.25, 0.3) is 0 Å². The Morgan fingerprint density at radius 3 is 2.39 bits per heavy atom. The fraction of sp³-hybridized carbons (Fsp3) is 0.321. The lowest BCUT2D eigenvalue weighted by Gasteiger charge is -2.15. The van der Waals surface area contributed by atoms with Gasteiger partial charge in [-0.05, 0) is 54.3 Å². The van der Waals surface area contributed by atoms with Crippen LogP contribution in [0.25, 0.3) is 11.1 Å². The number of likely N-dealkylation sites (tertiary alicyclic amines) is 1. The number of carbonyl (C=O) groups excluding carboxylic acids is 1. The summed E-state index contributed by atoms with van der Waals surface area (Å²) in [5.74, 6) is 1.31. The van der Waals surface area contributed by atoms with Crippen LogP contribution < -0.4 is 14.8 Å². The molecule has 0 atom stereocenters. The molecule has 5 heteroatoms. The summed E-state index contributed by atoms with van der Waals surface area (Å²) in [6.07, 6.45) is 2.87. The molecule has 1 heterocycles. The molecule has 4 rings (SSSR count).